The van der Waals surface area contributed by atoms with E-state index < -0.39 is 33.7 Å². The average Bonchev–Trinajstić information content (AvgIpc) is 2.53. The molecule has 0 spiro atoms. The molecule has 0 bridgehead atoms. The van der Waals surface area contributed by atoms with Crippen molar-refractivity contribution in [2.45, 2.75) is 37.8 Å². The summed E-state index contributed by atoms with van der Waals surface area (Å²) in [6.45, 7) is 4.85. The van der Waals surface area contributed by atoms with Gasteiger partial charge in [0.05, 0.1) is 10.5 Å². The third-order valence-corrected chi connectivity index (χ3v) is 5.15. The summed E-state index contributed by atoms with van der Waals surface area (Å²) in [5.74, 6) is -2.29. The second-order valence-corrected chi connectivity index (χ2v) is 7.73. The number of ether oxygens (including phenoxy) is 1. The fourth-order valence-electron chi connectivity index (χ4n) is 2.27. The zero-order valence-corrected chi connectivity index (χ0v) is 15.3. The van der Waals surface area contributed by atoms with Crippen LogP contribution in [0.15, 0.2) is 47.4 Å². The summed E-state index contributed by atoms with van der Waals surface area (Å²) < 4.78 is 58.4. The summed E-state index contributed by atoms with van der Waals surface area (Å²) >= 11 is 0. The number of hydrogen-bond acceptors (Lipinski definition) is 4. The second kappa shape index (κ2) is 7.92. The summed E-state index contributed by atoms with van der Waals surface area (Å²) in [7, 11) is -3.66. The highest BCUT2D eigenvalue weighted by molar-refractivity contribution is 7.89. The summed E-state index contributed by atoms with van der Waals surface area (Å²) in [4.78, 5) is 12.2. The van der Waals surface area contributed by atoms with Gasteiger partial charge in [0.1, 0.15) is 17.7 Å². The lowest BCUT2D eigenvalue weighted by Gasteiger charge is -2.15. The van der Waals surface area contributed by atoms with Crippen molar-refractivity contribution in [2.24, 2.45) is 0 Å². The number of rotatable bonds is 6. The first-order valence-corrected chi connectivity index (χ1v) is 9.37. The number of esters is 1. The van der Waals surface area contributed by atoms with Gasteiger partial charge in [-0.2, -0.15) is 0 Å². The van der Waals surface area contributed by atoms with Crippen molar-refractivity contribution in [1.82, 2.24) is 4.72 Å². The van der Waals surface area contributed by atoms with E-state index in [0.717, 1.165) is 6.07 Å². The van der Waals surface area contributed by atoms with Crippen molar-refractivity contribution in [3.8, 4) is 0 Å². The molecule has 0 aliphatic carbocycles. The van der Waals surface area contributed by atoms with Crippen LogP contribution in [-0.2, 0) is 14.8 Å². The van der Waals surface area contributed by atoms with E-state index in [0.29, 0.717) is 6.07 Å². The molecule has 0 amide bonds. The van der Waals surface area contributed by atoms with E-state index >= 15 is 0 Å². The predicted molar refractivity (Wildman–Crippen MR) is 92.1 cm³/mol. The van der Waals surface area contributed by atoms with Crippen molar-refractivity contribution in [1.29, 1.82) is 0 Å². The highest BCUT2D eigenvalue weighted by Gasteiger charge is 2.19. The number of carbonyl (C=O) groups excluding carboxylic acids is 1. The van der Waals surface area contributed by atoms with E-state index in [1.807, 2.05) is 0 Å². The maximum absolute atomic E-state index is 13.7. The highest BCUT2D eigenvalue weighted by Crippen LogP contribution is 2.22. The van der Waals surface area contributed by atoms with Gasteiger partial charge in [0.25, 0.3) is 0 Å². The van der Waals surface area contributed by atoms with Crippen LogP contribution in [0.2, 0.25) is 0 Å². The van der Waals surface area contributed by atoms with Crippen LogP contribution < -0.4 is 4.72 Å². The van der Waals surface area contributed by atoms with Crippen LogP contribution in [0.3, 0.4) is 0 Å². The molecule has 2 aromatic carbocycles. The number of halogens is 2. The molecule has 2 aromatic rings. The van der Waals surface area contributed by atoms with Gasteiger partial charge in [-0.1, -0.05) is 0 Å². The lowest BCUT2D eigenvalue weighted by atomic mass is 10.1. The average molecular weight is 383 g/mol. The van der Waals surface area contributed by atoms with Gasteiger partial charge < -0.3 is 4.74 Å². The van der Waals surface area contributed by atoms with Crippen LogP contribution in [0.4, 0.5) is 8.78 Å². The molecule has 8 heteroatoms. The number of benzene rings is 2. The van der Waals surface area contributed by atoms with Crippen molar-refractivity contribution < 1.29 is 26.7 Å². The molecule has 1 unspecified atom stereocenters. The van der Waals surface area contributed by atoms with Gasteiger partial charge in [0, 0.05) is 17.7 Å². The van der Waals surface area contributed by atoms with Crippen molar-refractivity contribution >= 4 is 16.0 Å². The topological polar surface area (TPSA) is 72.5 Å². The predicted octanol–water partition coefficient (Wildman–Crippen LogP) is 3.57. The minimum atomic E-state index is -3.66. The maximum atomic E-state index is 13.7. The van der Waals surface area contributed by atoms with Crippen molar-refractivity contribution in [3.05, 3.63) is 65.2 Å². The molecule has 0 saturated heterocycles. The summed E-state index contributed by atoms with van der Waals surface area (Å²) in [5.41, 5.74) is 0.156. The van der Waals surface area contributed by atoms with E-state index in [2.05, 4.69) is 4.72 Å². The molecule has 2 rings (SSSR count). The summed E-state index contributed by atoms with van der Waals surface area (Å²) in [6, 6.07) is 7.90. The van der Waals surface area contributed by atoms with Crippen molar-refractivity contribution in [3.63, 3.8) is 0 Å². The number of carbonyl (C=O) groups is 1. The Hall–Kier alpha value is -2.32. The van der Waals surface area contributed by atoms with Gasteiger partial charge in [-0.05, 0) is 57.2 Å². The minimum absolute atomic E-state index is 0.0142. The van der Waals surface area contributed by atoms with Crippen LogP contribution in [-0.4, -0.2) is 20.4 Å². The molecule has 0 fully saturated rings. The largest absolute Gasteiger partial charge is 0.454 e. The Kier molecular flexibility index (Phi) is 6.09. The molecule has 5 nitrogen and oxygen atoms in total. The number of sulfonamides is 1. The SMILES string of the molecule is CC(C)NS(=O)(=O)c1ccc(C(=O)OC(C)c2ccc(F)cc2F)cc1. The maximum Gasteiger partial charge on any atom is 0.338 e. The molecule has 0 aliphatic heterocycles. The van der Waals surface area contributed by atoms with Crippen LogP contribution in [0, 0.1) is 11.6 Å². The van der Waals surface area contributed by atoms with Gasteiger partial charge in [-0.25, -0.2) is 26.7 Å². The Morgan fingerprint density at radius 3 is 2.19 bits per heavy atom. The molecule has 0 saturated carbocycles. The quantitative estimate of drug-likeness (QED) is 0.774. The first kappa shape index (κ1) is 20.0. The van der Waals surface area contributed by atoms with Gasteiger partial charge in [-0.15, -0.1) is 0 Å². The molecular formula is C18H19F2NO4S. The summed E-state index contributed by atoms with van der Waals surface area (Å²) in [6.07, 6.45) is -0.936. The first-order valence-electron chi connectivity index (χ1n) is 7.88. The fourth-order valence-corrected chi connectivity index (χ4v) is 3.52. The smallest absolute Gasteiger partial charge is 0.338 e. The van der Waals surface area contributed by atoms with E-state index in [4.69, 9.17) is 4.74 Å². The zero-order valence-electron chi connectivity index (χ0n) is 14.5. The van der Waals surface area contributed by atoms with Crippen LogP contribution in [0.1, 0.15) is 42.8 Å². The highest BCUT2D eigenvalue weighted by atomic mass is 32.2. The number of hydrogen-bond donors (Lipinski definition) is 1. The van der Waals surface area contributed by atoms with E-state index in [-0.39, 0.29) is 22.1 Å². The molecule has 1 atom stereocenters. The van der Waals surface area contributed by atoms with Gasteiger partial charge in [-0.3, -0.25) is 0 Å². The molecule has 0 radical (unpaired) electrons. The zero-order chi connectivity index (χ0) is 19.5. The summed E-state index contributed by atoms with van der Waals surface area (Å²) in [5, 5.41) is 0. The van der Waals surface area contributed by atoms with Crippen LogP contribution in [0.5, 0.6) is 0 Å². The Labute approximate surface area is 151 Å². The lowest BCUT2D eigenvalue weighted by Crippen LogP contribution is -2.30. The van der Waals surface area contributed by atoms with Gasteiger partial charge in [0.15, 0.2) is 0 Å². The Morgan fingerprint density at radius 1 is 1.04 bits per heavy atom. The van der Waals surface area contributed by atoms with Crippen LogP contribution >= 0.6 is 0 Å². The monoisotopic (exact) mass is 383 g/mol. The molecular weight excluding hydrogens is 364 g/mol. The Balaban J connectivity index is 2.13. The Morgan fingerprint density at radius 2 is 1.65 bits per heavy atom. The third kappa shape index (κ3) is 4.86. The van der Waals surface area contributed by atoms with E-state index in [9.17, 15) is 22.0 Å². The normalized spacial score (nSPS) is 12.8. The van der Waals surface area contributed by atoms with Crippen LogP contribution in [0.25, 0.3) is 0 Å². The molecule has 1 N–H and O–H groups in total. The van der Waals surface area contributed by atoms with E-state index in [1.54, 1.807) is 13.8 Å². The molecule has 0 heterocycles. The van der Waals surface area contributed by atoms with Gasteiger partial charge in [0.2, 0.25) is 10.0 Å². The molecule has 140 valence electrons. The fraction of sp³-hybridized carbons (Fsp3) is 0.278. The standard InChI is InChI=1S/C18H19F2NO4S/c1-11(2)21-26(23,24)15-7-4-13(5-8-15)18(22)25-12(3)16-9-6-14(19)10-17(16)20/h4-12,21H,1-3H3. The van der Waals surface area contributed by atoms with Crippen molar-refractivity contribution in [2.75, 3.05) is 0 Å². The van der Waals surface area contributed by atoms with Gasteiger partial charge >= 0.3 is 5.97 Å². The number of nitrogens with one attached hydrogen (secondary N) is 1. The second-order valence-electron chi connectivity index (χ2n) is 6.01. The van der Waals surface area contributed by atoms with E-state index in [1.165, 1.54) is 37.3 Å². The Bertz CT molecular complexity index is 896. The first-order chi connectivity index (χ1) is 12.1. The molecule has 0 aliphatic rings. The molecule has 26 heavy (non-hydrogen) atoms. The minimum Gasteiger partial charge on any atom is -0.454 e. The third-order valence-electron chi connectivity index (χ3n) is 3.48. The molecule has 0 aromatic heterocycles. The lowest BCUT2D eigenvalue weighted by molar-refractivity contribution is 0.0331.